The predicted molar refractivity (Wildman–Crippen MR) is 185 cm³/mol. The molecule has 0 radical (unpaired) electrons. The number of methoxy groups -OCH3 is 2. The van der Waals surface area contributed by atoms with Gasteiger partial charge < -0.3 is 14.8 Å². The lowest BCUT2D eigenvalue weighted by molar-refractivity contribution is 0.0953. The standard InChI is InChI=1S/C16H13N5OS.C9H6N2S.C8H10N2O2/c1-22-13-4-2-3-10(8-13)15-20-21-16(23-15)18-12-5-6-14-11(7-12)9-17-19-14;10-6-12-9-2-1-7-4-11-5-8(7)3-9;1-12-7-4-2-3-6(5-7)8(11)10-9/h2-9H,1H3,(H,17,19)(H,18,21);1-3,5H,4H2;2-5H,9H2,1H3,(H,10,11). The highest BCUT2D eigenvalue weighted by Gasteiger charge is 2.09. The van der Waals surface area contributed by atoms with Crippen molar-refractivity contribution in [2.75, 3.05) is 19.5 Å². The van der Waals surface area contributed by atoms with E-state index >= 15 is 0 Å². The van der Waals surface area contributed by atoms with Crippen molar-refractivity contribution in [1.82, 2.24) is 25.8 Å². The summed E-state index contributed by atoms with van der Waals surface area (Å²) < 4.78 is 10.2. The molecule has 6 aromatic rings. The molecule has 2 aromatic heterocycles. The van der Waals surface area contributed by atoms with E-state index in [-0.39, 0.29) is 5.91 Å². The number of hydrogen-bond acceptors (Lipinski definition) is 12. The summed E-state index contributed by atoms with van der Waals surface area (Å²) in [7, 11) is 3.19. The van der Waals surface area contributed by atoms with Crippen LogP contribution in [0.1, 0.15) is 21.5 Å². The van der Waals surface area contributed by atoms with Gasteiger partial charge in [0.15, 0.2) is 0 Å². The molecule has 1 aliphatic rings. The maximum atomic E-state index is 11.0. The second kappa shape index (κ2) is 16.0. The van der Waals surface area contributed by atoms with Gasteiger partial charge >= 0.3 is 0 Å². The van der Waals surface area contributed by atoms with E-state index in [2.05, 4.69) is 30.7 Å². The molecule has 0 atom stereocenters. The van der Waals surface area contributed by atoms with Crippen LogP contribution in [0.4, 0.5) is 10.8 Å². The Hall–Kier alpha value is -5.75. The second-order valence-corrected chi connectivity index (χ2v) is 11.5. The molecule has 0 unspecified atom stereocenters. The molecular weight excluding hydrogens is 635 g/mol. The summed E-state index contributed by atoms with van der Waals surface area (Å²) in [4.78, 5) is 16.1. The number of thiocyanates is 1. The maximum absolute atomic E-state index is 11.0. The van der Waals surface area contributed by atoms with E-state index in [9.17, 15) is 4.79 Å². The third-order valence-electron chi connectivity index (χ3n) is 6.67. The number of nitrogens with zero attached hydrogens (tertiary/aromatic N) is 5. The highest BCUT2D eigenvalue weighted by molar-refractivity contribution is 8.03. The van der Waals surface area contributed by atoms with Gasteiger partial charge in [0, 0.05) is 33.3 Å². The van der Waals surface area contributed by atoms with Gasteiger partial charge in [-0.15, -0.1) is 10.2 Å². The molecule has 7 rings (SSSR count). The van der Waals surface area contributed by atoms with E-state index in [0.717, 1.165) is 55.0 Å². The number of thioether (sulfide) groups is 1. The Bertz CT molecular complexity index is 2050. The van der Waals surface area contributed by atoms with Crippen molar-refractivity contribution < 1.29 is 14.3 Å². The Labute approximate surface area is 278 Å². The van der Waals surface area contributed by atoms with Crippen LogP contribution in [0.3, 0.4) is 0 Å². The van der Waals surface area contributed by atoms with Crippen LogP contribution in [0.2, 0.25) is 0 Å². The zero-order chi connectivity index (χ0) is 33.0. The molecular formula is C33H29N9O3S2. The minimum Gasteiger partial charge on any atom is -0.497 e. The summed E-state index contributed by atoms with van der Waals surface area (Å²) in [5, 5.41) is 31.8. The number of amides is 1. The highest BCUT2D eigenvalue weighted by Crippen LogP contribution is 2.31. The number of H-pyrrole nitrogens is 1. The number of hydrogen-bond donors (Lipinski definition) is 4. The van der Waals surface area contributed by atoms with E-state index in [1.807, 2.05) is 77.7 Å². The minimum atomic E-state index is -0.325. The van der Waals surface area contributed by atoms with Crippen molar-refractivity contribution in [3.05, 3.63) is 108 Å². The quantitative estimate of drug-likeness (QED) is 0.0497. The molecule has 3 heterocycles. The first kappa shape index (κ1) is 32.6. The normalized spacial score (nSPS) is 10.9. The third-order valence-corrected chi connectivity index (χ3v) is 8.14. The number of fused-ring (bicyclic) bond motifs is 2. The molecule has 12 nitrogen and oxygen atoms in total. The van der Waals surface area contributed by atoms with Crippen LogP contribution in [0.15, 0.2) is 101 Å². The van der Waals surface area contributed by atoms with Gasteiger partial charge in [0.1, 0.15) is 21.9 Å². The number of carbonyl (C=O) groups excluding carboxylic acids is 1. The fourth-order valence-corrected chi connectivity index (χ4v) is 5.52. The van der Waals surface area contributed by atoms with Gasteiger partial charge in [-0.1, -0.05) is 35.6 Å². The first-order valence-corrected chi connectivity index (χ1v) is 15.6. The Morgan fingerprint density at radius 3 is 2.60 bits per heavy atom. The molecule has 0 spiro atoms. The Balaban J connectivity index is 0.000000153. The molecule has 1 aliphatic heterocycles. The Morgan fingerprint density at radius 1 is 1.00 bits per heavy atom. The second-order valence-electron chi connectivity index (χ2n) is 9.67. The number of rotatable bonds is 7. The van der Waals surface area contributed by atoms with Crippen LogP contribution in [0, 0.1) is 10.7 Å². The van der Waals surface area contributed by atoms with Crippen molar-refractivity contribution in [3.8, 4) is 27.5 Å². The zero-order valence-electron chi connectivity index (χ0n) is 25.3. The van der Waals surface area contributed by atoms with Gasteiger partial charge in [-0.05, 0) is 83.6 Å². The topological polar surface area (TPSA) is 176 Å². The maximum Gasteiger partial charge on any atom is 0.265 e. The molecule has 0 aliphatic carbocycles. The summed E-state index contributed by atoms with van der Waals surface area (Å²) in [5.74, 6) is 6.07. The van der Waals surface area contributed by atoms with Gasteiger partial charge in [-0.3, -0.25) is 20.3 Å². The number of ether oxygens (including phenoxy) is 2. The minimum absolute atomic E-state index is 0.325. The molecule has 0 saturated heterocycles. The average molecular weight is 664 g/mol. The van der Waals surface area contributed by atoms with Gasteiger partial charge in [0.25, 0.3) is 5.91 Å². The number of nitriles is 1. The lowest BCUT2D eigenvalue weighted by atomic mass is 10.1. The summed E-state index contributed by atoms with van der Waals surface area (Å²) in [6, 6.07) is 26.5. The van der Waals surface area contributed by atoms with E-state index in [1.165, 1.54) is 28.7 Å². The molecule has 0 saturated carbocycles. The largest absolute Gasteiger partial charge is 0.497 e. The number of nitrogen functional groups attached to an aromatic ring is 1. The molecule has 0 bridgehead atoms. The number of carbonyl (C=O) groups is 1. The smallest absolute Gasteiger partial charge is 0.265 e. The van der Waals surface area contributed by atoms with Crippen LogP contribution < -0.4 is 26.1 Å². The van der Waals surface area contributed by atoms with Gasteiger partial charge in [0.05, 0.1) is 32.5 Å². The van der Waals surface area contributed by atoms with Crippen molar-refractivity contribution >= 4 is 56.9 Å². The summed E-state index contributed by atoms with van der Waals surface area (Å²) in [6.45, 7) is 0.785. The highest BCUT2D eigenvalue weighted by atomic mass is 32.2. The van der Waals surface area contributed by atoms with Crippen molar-refractivity contribution in [1.29, 1.82) is 5.26 Å². The average Bonchev–Trinajstić information content (AvgIpc) is 3.90. The first-order chi connectivity index (χ1) is 23.0. The number of aromatic nitrogens is 4. The fraction of sp³-hybridized carbons (Fsp3) is 0.0909. The molecule has 236 valence electrons. The van der Waals surface area contributed by atoms with Gasteiger partial charge in [-0.2, -0.15) is 10.4 Å². The van der Waals surface area contributed by atoms with Crippen molar-refractivity contribution in [2.24, 2.45) is 10.8 Å². The van der Waals surface area contributed by atoms with Crippen LogP contribution in [-0.2, 0) is 6.54 Å². The molecule has 5 N–H and O–H groups in total. The van der Waals surface area contributed by atoms with Crippen LogP contribution >= 0.6 is 23.1 Å². The number of benzene rings is 4. The van der Waals surface area contributed by atoms with Gasteiger partial charge in [0.2, 0.25) is 5.13 Å². The Kier molecular flexibility index (Phi) is 11.1. The third kappa shape index (κ3) is 8.70. The molecule has 47 heavy (non-hydrogen) atoms. The molecule has 14 heteroatoms. The molecule has 4 aromatic carbocycles. The van der Waals surface area contributed by atoms with Gasteiger partial charge in [-0.25, -0.2) is 5.84 Å². The fourth-order valence-electron chi connectivity index (χ4n) is 4.33. The zero-order valence-corrected chi connectivity index (χ0v) is 26.9. The van der Waals surface area contributed by atoms with Crippen LogP contribution in [0.5, 0.6) is 11.5 Å². The SMILES string of the molecule is COc1cccc(-c2nnc(Nc3ccc4[nH]ncc4c3)s2)c1.COc1cccc(C(=O)NN)c1.N#CSc1ccc2c(c1)C=NC2. The molecule has 1 amide bonds. The number of anilines is 2. The lowest BCUT2D eigenvalue weighted by Crippen LogP contribution is -2.29. The summed E-state index contributed by atoms with van der Waals surface area (Å²) in [6.07, 6.45) is 3.65. The summed E-state index contributed by atoms with van der Waals surface area (Å²) in [5.41, 5.74) is 7.86. The van der Waals surface area contributed by atoms with E-state index in [4.69, 9.17) is 20.6 Å². The predicted octanol–water partition coefficient (Wildman–Crippen LogP) is 6.32. The van der Waals surface area contributed by atoms with E-state index < -0.39 is 0 Å². The van der Waals surface area contributed by atoms with E-state index in [1.54, 1.807) is 44.7 Å². The number of nitrogens with two attached hydrogens (primary N) is 1. The van der Waals surface area contributed by atoms with Crippen molar-refractivity contribution in [3.63, 3.8) is 0 Å². The number of hydrazine groups is 1. The lowest BCUT2D eigenvalue weighted by Gasteiger charge is -2.01. The van der Waals surface area contributed by atoms with Crippen LogP contribution in [-0.4, -0.2) is 46.7 Å². The number of nitrogens with one attached hydrogen (secondary N) is 3. The summed E-state index contributed by atoms with van der Waals surface area (Å²) >= 11 is 2.68. The number of aromatic amines is 1. The van der Waals surface area contributed by atoms with Crippen LogP contribution in [0.25, 0.3) is 21.5 Å². The monoisotopic (exact) mass is 663 g/mol. The number of aliphatic imine (C=N–C) groups is 1. The molecule has 0 fully saturated rings. The van der Waals surface area contributed by atoms with Crippen molar-refractivity contribution in [2.45, 2.75) is 11.4 Å². The first-order valence-electron chi connectivity index (χ1n) is 14.0. The Morgan fingerprint density at radius 2 is 1.81 bits per heavy atom. The van der Waals surface area contributed by atoms with E-state index in [0.29, 0.717) is 11.3 Å².